The Morgan fingerprint density at radius 2 is 2.21 bits per heavy atom. The van der Waals surface area contributed by atoms with Crippen LogP contribution in [0.1, 0.15) is 31.4 Å². The normalized spacial score (nSPS) is 20.9. The second-order valence-electron chi connectivity index (χ2n) is 4.95. The quantitative estimate of drug-likeness (QED) is 0.882. The summed E-state index contributed by atoms with van der Waals surface area (Å²) < 4.78 is 26.0. The summed E-state index contributed by atoms with van der Waals surface area (Å²) in [5, 5.41) is 6.02. The van der Waals surface area contributed by atoms with Gasteiger partial charge in [-0.25, -0.2) is 8.78 Å². The SMILES string of the molecule is CC(NC(=O)[C@H]1CCCNC1)c1ccc(F)c(F)c1. The Hall–Kier alpha value is -1.49. The smallest absolute Gasteiger partial charge is 0.224 e. The average molecular weight is 268 g/mol. The molecule has 1 heterocycles. The van der Waals surface area contributed by atoms with Crippen molar-refractivity contribution in [3.8, 4) is 0 Å². The summed E-state index contributed by atoms with van der Waals surface area (Å²) in [6.07, 6.45) is 1.85. The second kappa shape index (κ2) is 6.10. The van der Waals surface area contributed by atoms with E-state index in [4.69, 9.17) is 0 Å². The molecule has 2 N–H and O–H groups in total. The first-order valence-electron chi connectivity index (χ1n) is 6.54. The van der Waals surface area contributed by atoms with Crippen molar-refractivity contribution in [3.63, 3.8) is 0 Å². The van der Waals surface area contributed by atoms with Gasteiger partial charge in [0.15, 0.2) is 11.6 Å². The lowest BCUT2D eigenvalue weighted by Gasteiger charge is -2.24. The highest BCUT2D eigenvalue weighted by Gasteiger charge is 2.22. The molecule has 1 fully saturated rings. The second-order valence-corrected chi connectivity index (χ2v) is 4.95. The number of amides is 1. The molecular weight excluding hydrogens is 250 g/mol. The van der Waals surface area contributed by atoms with Crippen LogP contribution in [0.3, 0.4) is 0 Å². The minimum absolute atomic E-state index is 0.0376. The van der Waals surface area contributed by atoms with Crippen LogP contribution >= 0.6 is 0 Å². The van der Waals surface area contributed by atoms with Crippen molar-refractivity contribution in [2.24, 2.45) is 5.92 Å². The Morgan fingerprint density at radius 3 is 2.84 bits per heavy atom. The van der Waals surface area contributed by atoms with E-state index in [9.17, 15) is 13.6 Å². The fourth-order valence-corrected chi connectivity index (χ4v) is 2.27. The zero-order valence-electron chi connectivity index (χ0n) is 10.9. The number of carbonyl (C=O) groups is 1. The van der Waals surface area contributed by atoms with Crippen molar-refractivity contribution < 1.29 is 13.6 Å². The molecule has 5 heteroatoms. The molecule has 3 nitrogen and oxygen atoms in total. The number of hydrogen-bond donors (Lipinski definition) is 2. The van der Waals surface area contributed by atoms with Gasteiger partial charge in [0.25, 0.3) is 0 Å². The number of rotatable bonds is 3. The number of nitrogens with one attached hydrogen (secondary N) is 2. The zero-order valence-corrected chi connectivity index (χ0v) is 10.9. The lowest BCUT2D eigenvalue weighted by molar-refractivity contribution is -0.126. The van der Waals surface area contributed by atoms with E-state index in [0.717, 1.165) is 31.5 Å². The van der Waals surface area contributed by atoms with Crippen LogP contribution in [0.25, 0.3) is 0 Å². The molecular formula is C14H18F2N2O. The molecule has 0 aromatic heterocycles. The van der Waals surface area contributed by atoms with E-state index in [-0.39, 0.29) is 17.9 Å². The van der Waals surface area contributed by atoms with Gasteiger partial charge in [-0.05, 0) is 44.0 Å². The Bertz CT molecular complexity index is 459. The van der Waals surface area contributed by atoms with Crippen LogP contribution in [0.4, 0.5) is 8.78 Å². The molecule has 0 aliphatic carbocycles. The summed E-state index contributed by atoms with van der Waals surface area (Å²) in [4.78, 5) is 12.0. The van der Waals surface area contributed by atoms with E-state index < -0.39 is 11.6 Å². The maximum absolute atomic E-state index is 13.1. The van der Waals surface area contributed by atoms with Gasteiger partial charge >= 0.3 is 0 Å². The summed E-state index contributed by atoms with van der Waals surface area (Å²) in [5.41, 5.74) is 0.566. The van der Waals surface area contributed by atoms with E-state index in [1.165, 1.54) is 6.07 Å². The molecule has 2 atom stereocenters. The van der Waals surface area contributed by atoms with Crippen LogP contribution in [0, 0.1) is 17.6 Å². The number of halogens is 2. The minimum atomic E-state index is -0.891. The maximum atomic E-state index is 13.1. The van der Waals surface area contributed by atoms with Crippen LogP contribution in [0.15, 0.2) is 18.2 Å². The van der Waals surface area contributed by atoms with Gasteiger partial charge in [-0.3, -0.25) is 4.79 Å². The molecule has 2 rings (SSSR count). The van der Waals surface area contributed by atoms with Gasteiger partial charge < -0.3 is 10.6 Å². The molecule has 1 aliphatic heterocycles. The fraction of sp³-hybridized carbons (Fsp3) is 0.500. The first-order valence-corrected chi connectivity index (χ1v) is 6.54. The van der Waals surface area contributed by atoms with Crippen molar-refractivity contribution in [1.29, 1.82) is 0 Å². The maximum Gasteiger partial charge on any atom is 0.224 e. The molecule has 0 saturated carbocycles. The number of carbonyl (C=O) groups excluding carboxylic acids is 1. The third kappa shape index (κ3) is 3.50. The first kappa shape index (κ1) is 13.9. The lowest BCUT2D eigenvalue weighted by Crippen LogP contribution is -2.41. The van der Waals surface area contributed by atoms with Crippen molar-refractivity contribution in [2.45, 2.75) is 25.8 Å². The molecule has 19 heavy (non-hydrogen) atoms. The molecule has 0 radical (unpaired) electrons. The Labute approximate surface area is 111 Å². The summed E-state index contributed by atoms with van der Waals surface area (Å²) in [7, 11) is 0. The topological polar surface area (TPSA) is 41.1 Å². The van der Waals surface area contributed by atoms with Gasteiger partial charge in [0.05, 0.1) is 12.0 Å². The van der Waals surface area contributed by atoms with Gasteiger partial charge in [-0.1, -0.05) is 6.07 Å². The highest BCUT2D eigenvalue weighted by Crippen LogP contribution is 2.17. The van der Waals surface area contributed by atoms with Gasteiger partial charge in [0.1, 0.15) is 0 Å². The highest BCUT2D eigenvalue weighted by atomic mass is 19.2. The standard InChI is InChI=1S/C14H18F2N2O/c1-9(10-4-5-12(15)13(16)7-10)18-14(19)11-3-2-6-17-8-11/h4-5,7,9,11,17H,2-3,6,8H2,1H3,(H,18,19)/t9?,11-/m0/s1. The fourth-order valence-electron chi connectivity index (χ4n) is 2.27. The molecule has 0 spiro atoms. The molecule has 1 unspecified atom stereocenters. The summed E-state index contributed by atoms with van der Waals surface area (Å²) >= 11 is 0. The van der Waals surface area contributed by atoms with Crippen molar-refractivity contribution in [2.75, 3.05) is 13.1 Å². The minimum Gasteiger partial charge on any atom is -0.349 e. The first-order chi connectivity index (χ1) is 9.08. The monoisotopic (exact) mass is 268 g/mol. The number of benzene rings is 1. The Kier molecular flexibility index (Phi) is 4.47. The summed E-state index contributed by atoms with van der Waals surface area (Å²) in [5.74, 6) is -1.84. The van der Waals surface area contributed by atoms with Crippen LogP contribution in [-0.4, -0.2) is 19.0 Å². The predicted octanol–water partition coefficient (Wildman–Crippen LogP) is 2.14. The Balaban J connectivity index is 1.97. The zero-order chi connectivity index (χ0) is 13.8. The van der Waals surface area contributed by atoms with E-state index in [0.29, 0.717) is 12.1 Å². The molecule has 0 bridgehead atoms. The van der Waals surface area contributed by atoms with Gasteiger partial charge in [0, 0.05) is 6.54 Å². The molecule has 1 aromatic rings. The molecule has 1 amide bonds. The van der Waals surface area contributed by atoms with Gasteiger partial charge in [-0.15, -0.1) is 0 Å². The third-order valence-electron chi connectivity index (χ3n) is 3.47. The Morgan fingerprint density at radius 1 is 1.42 bits per heavy atom. The molecule has 1 aliphatic rings. The average Bonchev–Trinajstić information content (AvgIpc) is 2.42. The van der Waals surface area contributed by atoms with Crippen LogP contribution in [-0.2, 0) is 4.79 Å². The molecule has 1 aromatic carbocycles. The lowest BCUT2D eigenvalue weighted by atomic mass is 9.98. The van der Waals surface area contributed by atoms with Crippen molar-refractivity contribution in [1.82, 2.24) is 10.6 Å². The predicted molar refractivity (Wildman–Crippen MR) is 68.5 cm³/mol. The summed E-state index contributed by atoms with van der Waals surface area (Å²) in [6.45, 7) is 3.39. The van der Waals surface area contributed by atoms with E-state index in [2.05, 4.69) is 10.6 Å². The van der Waals surface area contributed by atoms with Crippen LogP contribution in [0.5, 0.6) is 0 Å². The number of piperidine rings is 1. The van der Waals surface area contributed by atoms with Crippen LogP contribution in [0.2, 0.25) is 0 Å². The van der Waals surface area contributed by atoms with Gasteiger partial charge in [0.2, 0.25) is 5.91 Å². The molecule has 1 saturated heterocycles. The van der Waals surface area contributed by atoms with E-state index in [1.807, 2.05) is 0 Å². The largest absolute Gasteiger partial charge is 0.349 e. The number of hydrogen-bond acceptors (Lipinski definition) is 2. The third-order valence-corrected chi connectivity index (χ3v) is 3.47. The van der Waals surface area contributed by atoms with Crippen molar-refractivity contribution >= 4 is 5.91 Å². The van der Waals surface area contributed by atoms with E-state index in [1.54, 1.807) is 6.92 Å². The molecule has 104 valence electrons. The van der Waals surface area contributed by atoms with Gasteiger partial charge in [-0.2, -0.15) is 0 Å². The van der Waals surface area contributed by atoms with E-state index >= 15 is 0 Å². The van der Waals surface area contributed by atoms with Crippen LogP contribution < -0.4 is 10.6 Å². The van der Waals surface area contributed by atoms with Crippen molar-refractivity contribution in [3.05, 3.63) is 35.4 Å². The highest BCUT2D eigenvalue weighted by molar-refractivity contribution is 5.79. The summed E-state index contributed by atoms with van der Waals surface area (Å²) in [6, 6.07) is 3.36.